The molecule has 3 N–H and O–H groups in total. The molecule has 1 aliphatic rings. The van der Waals surface area contributed by atoms with Crippen LogP contribution < -0.4 is 0 Å². The van der Waals surface area contributed by atoms with Gasteiger partial charge in [-0.1, -0.05) is 77.6 Å². The van der Waals surface area contributed by atoms with E-state index in [1.54, 1.807) is 0 Å². The summed E-state index contributed by atoms with van der Waals surface area (Å²) in [6.45, 7) is 1.98. The fraction of sp³-hybridized carbons (Fsp3) is 0.952. The van der Waals surface area contributed by atoms with Gasteiger partial charge in [-0.3, -0.25) is 0 Å². The molecule has 27 heavy (non-hydrogen) atoms. The van der Waals surface area contributed by atoms with E-state index >= 15 is 0 Å². The third-order valence-corrected chi connectivity index (χ3v) is 5.56. The minimum atomic E-state index is -1.09. The normalized spacial score (nSPS) is 25.5. The monoisotopic (exact) mass is 404 g/mol. The lowest BCUT2D eigenvalue weighted by Crippen LogP contribution is -2.55. The van der Waals surface area contributed by atoms with Crippen LogP contribution in [0.3, 0.4) is 0 Å². The number of hydrogen-bond acceptors (Lipinski definition) is 6. The average molecular weight is 405 g/mol. The molecule has 0 aromatic carbocycles. The van der Waals surface area contributed by atoms with E-state index in [1.165, 1.54) is 64.2 Å². The SMILES string of the molecule is CCCCCCCCCCCCCCC(=S)O[C@@H]1[C@@H](O)[C@H](O)CO[C@H]1CO. The zero-order valence-corrected chi connectivity index (χ0v) is 17.8. The second kappa shape index (κ2) is 15.6. The number of aliphatic hydroxyl groups excluding tert-OH is 3. The molecule has 0 amide bonds. The van der Waals surface area contributed by atoms with Gasteiger partial charge >= 0.3 is 0 Å². The molecule has 0 radical (unpaired) electrons. The molecule has 160 valence electrons. The maximum atomic E-state index is 10.0. The summed E-state index contributed by atoms with van der Waals surface area (Å²) in [5, 5.41) is 29.5. The Hall–Kier alpha value is -0.270. The second-order valence-electron chi connectivity index (χ2n) is 7.71. The van der Waals surface area contributed by atoms with Crippen LogP contribution in [-0.2, 0) is 9.47 Å². The van der Waals surface area contributed by atoms with Gasteiger partial charge in [0.05, 0.1) is 13.2 Å². The predicted octanol–water partition coefficient (Wildman–Crippen LogP) is 3.90. The van der Waals surface area contributed by atoms with E-state index in [2.05, 4.69) is 6.92 Å². The fourth-order valence-corrected chi connectivity index (χ4v) is 3.73. The lowest BCUT2D eigenvalue weighted by molar-refractivity contribution is -0.190. The molecule has 0 unspecified atom stereocenters. The number of ether oxygens (including phenoxy) is 2. The quantitative estimate of drug-likeness (QED) is 0.284. The van der Waals surface area contributed by atoms with Gasteiger partial charge in [-0.2, -0.15) is 0 Å². The van der Waals surface area contributed by atoms with Crippen LogP contribution in [0.15, 0.2) is 0 Å². The summed E-state index contributed by atoms with van der Waals surface area (Å²) >= 11 is 5.25. The molecule has 1 aliphatic heterocycles. The van der Waals surface area contributed by atoms with E-state index in [9.17, 15) is 15.3 Å². The number of rotatable bonds is 15. The third-order valence-electron chi connectivity index (χ3n) is 5.26. The first-order valence-corrected chi connectivity index (χ1v) is 11.3. The van der Waals surface area contributed by atoms with Gasteiger partial charge in [0, 0.05) is 6.42 Å². The largest absolute Gasteiger partial charge is 0.478 e. The van der Waals surface area contributed by atoms with E-state index in [0.29, 0.717) is 11.5 Å². The first kappa shape index (κ1) is 24.8. The van der Waals surface area contributed by atoms with Crippen molar-refractivity contribution in [2.75, 3.05) is 13.2 Å². The van der Waals surface area contributed by atoms with E-state index in [4.69, 9.17) is 21.7 Å². The molecule has 0 saturated carbocycles. The highest BCUT2D eigenvalue weighted by Crippen LogP contribution is 2.20. The lowest BCUT2D eigenvalue weighted by Gasteiger charge is -2.37. The number of aliphatic hydroxyl groups is 3. The molecule has 4 atom stereocenters. The van der Waals surface area contributed by atoms with Crippen LogP contribution in [0, 0.1) is 0 Å². The Kier molecular flexibility index (Phi) is 14.3. The van der Waals surface area contributed by atoms with Crippen molar-refractivity contribution in [2.24, 2.45) is 0 Å². The molecule has 1 rings (SSSR count). The van der Waals surface area contributed by atoms with Crippen LogP contribution in [0.4, 0.5) is 0 Å². The lowest BCUT2D eigenvalue weighted by atomic mass is 10.0. The molecule has 0 aromatic heterocycles. The van der Waals surface area contributed by atoms with Crippen LogP contribution in [0.5, 0.6) is 0 Å². The van der Waals surface area contributed by atoms with Gasteiger partial charge in [0.25, 0.3) is 0 Å². The van der Waals surface area contributed by atoms with Crippen molar-refractivity contribution in [3.63, 3.8) is 0 Å². The molecule has 0 aliphatic carbocycles. The Morgan fingerprint density at radius 1 is 0.926 bits per heavy atom. The Balaban J connectivity index is 2.01. The fourth-order valence-electron chi connectivity index (χ4n) is 3.48. The molecule has 0 spiro atoms. The van der Waals surface area contributed by atoms with Gasteiger partial charge in [-0.05, 0) is 18.6 Å². The Labute approximate surface area is 170 Å². The summed E-state index contributed by atoms with van der Waals surface area (Å²) in [4.78, 5) is 0. The Morgan fingerprint density at radius 2 is 1.44 bits per heavy atom. The van der Waals surface area contributed by atoms with Crippen LogP contribution in [0.1, 0.15) is 90.4 Å². The third kappa shape index (κ3) is 10.7. The molecular weight excluding hydrogens is 364 g/mol. The molecule has 5 nitrogen and oxygen atoms in total. The smallest absolute Gasteiger partial charge is 0.160 e. The van der Waals surface area contributed by atoms with Gasteiger partial charge in [0.1, 0.15) is 18.3 Å². The van der Waals surface area contributed by atoms with Crippen molar-refractivity contribution in [1.29, 1.82) is 0 Å². The Bertz CT molecular complexity index is 378. The maximum Gasteiger partial charge on any atom is 0.160 e. The van der Waals surface area contributed by atoms with Crippen LogP contribution >= 0.6 is 12.2 Å². The average Bonchev–Trinajstić information content (AvgIpc) is 2.66. The first-order valence-electron chi connectivity index (χ1n) is 10.9. The van der Waals surface area contributed by atoms with Crippen LogP contribution in [0.2, 0.25) is 0 Å². The summed E-state index contributed by atoms with van der Waals surface area (Å²) in [6, 6.07) is 0. The zero-order valence-electron chi connectivity index (χ0n) is 17.0. The predicted molar refractivity (Wildman–Crippen MR) is 112 cm³/mol. The standard InChI is InChI=1S/C21H40O5S/c1-2-3-4-5-6-7-8-9-10-11-12-13-14-19(27)26-21-18(15-22)25-16-17(23)20(21)24/h17-18,20-24H,2-16H2,1H3/t17-,18+,20+,21+/m1/s1. The Morgan fingerprint density at radius 3 is 1.96 bits per heavy atom. The minimum absolute atomic E-state index is 0.00223. The minimum Gasteiger partial charge on any atom is -0.478 e. The van der Waals surface area contributed by atoms with Crippen molar-refractivity contribution in [3.8, 4) is 0 Å². The molecule has 1 heterocycles. The van der Waals surface area contributed by atoms with Gasteiger partial charge in [-0.15, -0.1) is 0 Å². The van der Waals surface area contributed by atoms with Crippen molar-refractivity contribution < 1.29 is 24.8 Å². The van der Waals surface area contributed by atoms with E-state index in [1.807, 2.05) is 0 Å². The summed E-state index contributed by atoms with van der Waals surface area (Å²) in [6.07, 6.45) is 12.6. The van der Waals surface area contributed by atoms with Gasteiger partial charge < -0.3 is 24.8 Å². The van der Waals surface area contributed by atoms with E-state index < -0.39 is 24.4 Å². The van der Waals surface area contributed by atoms with Crippen molar-refractivity contribution in [3.05, 3.63) is 0 Å². The van der Waals surface area contributed by atoms with E-state index in [0.717, 1.165) is 12.8 Å². The number of unbranched alkanes of at least 4 members (excludes halogenated alkanes) is 11. The summed E-state index contributed by atoms with van der Waals surface area (Å²) in [5.41, 5.74) is 0. The number of thiocarbonyl (C=S) groups is 1. The topological polar surface area (TPSA) is 79.2 Å². The zero-order chi connectivity index (χ0) is 19.9. The molecular formula is C21H40O5S. The summed E-state index contributed by atoms with van der Waals surface area (Å²) < 4.78 is 10.9. The van der Waals surface area contributed by atoms with Gasteiger partial charge in [-0.25, -0.2) is 0 Å². The maximum absolute atomic E-state index is 10.0. The second-order valence-corrected chi connectivity index (χ2v) is 8.16. The summed E-state index contributed by atoms with van der Waals surface area (Å²) in [7, 11) is 0. The highest BCUT2D eigenvalue weighted by Gasteiger charge is 2.40. The van der Waals surface area contributed by atoms with Crippen molar-refractivity contribution in [1.82, 2.24) is 0 Å². The van der Waals surface area contributed by atoms with Crippen molar-refractivity contribution >= 4 is 17.3 Å². The molecule has 0 bridgehead atoms. The van der Waals surface area contributed by atoms with Gasteiger partial charge in [0.15, 0.2) is 11.2 Å². The molecule has 1 saturated heterocycles. The van der Waals surface area contributed by atoms with Gasteiger partial charge in [0.2, 0.25) is 0 Å². The highest BCUT2D eigenvalue weighted by atomic mass is 32.1. The number of hydrogen-bond donors (Lipinski definition) is 3. The summed E-state index contributed by atoms with van der Waals surface area (Å²) in [5.74, 6) is 0. The molecule has 0 aromatic rings. The van der Waals surface area contributed by atoms with Crippen LogP contribution in [-0.4, -0.2) is 58.0 Å². The first-order chi connectivity index (χ1) is 13.1. The van der Waals surface area contributed by atoms with Crippen LogP contribution in [0.25, 0.3) is 0 Å². The highest BCUT2D eigenvalue weighted by molar-refractivity contribution is 7.80. The van der Waals surface area contributed by atoms with E-state index in [-0.39, 0.29) is 13.2 Å². The molecule has 1 fully saturated rings. The van der Waals surface area contributed by atoms with Crippen molar-refractivity contribution in [2.45, 2.75) is 115 Å². The molecule has 6 heteroatoms.